The van der Waals surface area contributed by atoms with E-state index >= 15 is 0 Å². The molecule has 17 heavy (non-hydrogen) atoms. The number of imidazole rings is 1. The fraction of sp³-hybridized carbons (Fsp3) is 0.308. The lowest BCUT2D eigenvalue weighted by molar-refractivity contribution is 0.555. The Labute approximate surface area is 115 Å². The third-order valence-electron chi connectivity index (χ3n) is 2.64. The van der Waals surface area contributed by atoms with Gasteiger partial charge in [-0.05, 0) is 40.3 Å². The van der Waals surface area contributed by atoms with E-state index in [1.807, 2.05) is 24.4 Å². The molecule has 0 amide bonds. The SMILES string of the molecule is CC(C)(C)c1c[nH]c(=S)n1-c1ccccc1Br. The van der Waals surface area contributed by atoms with Crippen molar-refractivity contribution in [1.29, 1.82) is 0 Å². The van der Waals surface area contributed by atoms with Crippen LogP contribution in [0.1, 0.15) is 26.5 Å². The van der Waals surface area contributed by atoms with Gasteiger partial charge in [0.1, 0.15) is 0 Å². The quantitative estimate of drug-likeness (QED) is 0.764. The Morgan fingerprint density at radius 2 is 1.88 bits per heavy atom. The van der Waals surface area contributed by atoms with Crippen LogP contribution in [-0.4, -0.2) is 9.55 Å². The van der Waals surface area contributed by atoms with Crippen molar-refractivity contribution < 1.29 is 0 Å². The maximum atomic E-state index is 5.37. The van der Waals surface area contributed by atoms with Crippen molar-refractivity contribution in [2.24, 2.45) is 0 Å². The molecule has 0 aliphatic rings. The molecule has 1 aromatic heterocycles. The van der Waals surface area contributed by atoms with Gasteiger partial charge in [0.15, 0.2) is 4.77 Å². The fourth-order valence-corrected chi connectivity index (χ4v) is 2.51. The predicted octanol–water partition coefficient (Wildman–Crippen LogP) is 4.59. The number of rotatable bonds is 1. The van der Waals surface area contributed by atoms with Gasteiger partial charge in [0, 0.05) is 21.8 Å². The van der Waals surface area contributed by atoms with Crippen LogP contribution in [0, 0.1) is 4.77 Å². The summed E-state index contributed by atoms with van der Waals surface area (Å²) in [6.07, 6.45) is 1.99. The topological polar surface area (TPSA) is 20.7 Å². The Morgan fingerprint density at radius 1 is 1.24 bits per heavy atom. The van der Waals surface area contributed by atoms with Gasteiger partial charge < -0.3 is 4.98 Å². The Morgan fingerprint density at radius 3 is 2.47 bits per heavy atom. The van der Waals surface area contributed by atoms with E-state index in [2.05, 4.69) is 52.3 Å². The van der Waals surface area contributed by atoms with Gasteiger partial charge in [-0.3, -0.25) is 4.57 Å². The number of H-pyrrole nitrogens is 1. The molecule has 4 heteroatoms. The first-order valence-corrected chi connectivity index (χ1v) is 6.67. The van der Waals surface area contributed by atoms with Crippen LogP contribution in [0.4, 0.5) is 0 Å². The van der Waals surface area contributed by atoms with Crippen LogP contribution in [-0.2, 0) is 5.41 Å². The number of hydrogen-bond donors (Lipinski definition) is 1. The van der Waals surface area contributed by atoms with E-state index in [1.165, 1.54) is 5.69 Å². The monoisotopic (exact) mass is 310 g/mol. The number of benzene rings is 1. The molecule has 0 unspecified atom stereocenters. The van der Waals surface area contributed by atoms with Gasteiger partial charge in [-0.1, -0.05) is 32.9 Å². The first-order valence-electron chi connectivity index (χ1n) is 5.47. The summed E-state index contributed by atoms with van der Waals surface area (Å²) in [5.74, 6) is 0. The van der Waals surface area contributed by atoms with Gasteiger partial charge in [0.2, 0.25) is 0 Å². The lowest BCUT2D eigenvalue weighted by atomic mass is 9.92. The van der Waals surface area contributed by atoms with Crippen LogP contribution in [0.5, 0.6) is 0 Å². The molecule has 90 valence electrons. The van der Waals surface area contributed by atoms with Gasteiger partial charge in [-0.15, -0.1) is 0 Å². The summed E-state index contributed by atoms with van der Waals surface area (Å²) in [5, 5.41) is 0. The highest BCUT2D eigenvalue weighted by Crippen LogP contribution is 2.28. The number of aromatic amines is 1. The molecular weight excluding hydrogens is 296 g/mol. The molecule has 0 aliphatic heterocycles. The lowest BCUT2D eigenvalue weighted by Gasteiger charge is -2.21. The highest BCUT2D eigenvalue weighted by atomic mass is 79.9. The minimum atomic E-state index is 0.0445. The van der Waals surface area contributed by atoms with E-state index in [0.29, 0.717) is 0 Å². The summed E-state index contributed by atoms with van der Waals surface area (Å²) in [6, 6.07) is 8.10. The van der Waals surface area contributed by atoms with Gasteiger partial charge in [-0.25, -0.2) is 0 Å². The van der Waals surface area contributed by atoms with E-state index in [4.69, 9.17) is 12.2 Å². The molecule has 2 aromatic rings. The zero-order chi connectivity index (χ0) is 12.6. The minimum Gasteiger partial charge on any atom is -0.337 e. The van der Waals surface area contributed by atoms with Crippen molar-refractivity contribution in [3.63, 3.8) is 0 Å². The first kappa shape index (κ1) is 12.6. The number of nitrogens with zero attached hydrogens (tertiary/aromatic N) is 1. The lowest BCUT2D eigenvalue weighted by Crippen LogP contribution is -2.16. The molecule has 0 atom stereocenters. The van der Waals surface area contributed by atoms with Crippen LogP contribution < -0.4 is 0 Å². The maximum absolute atomic E-state index is 5.37. The second-order valence-electron chi connectivity index (χ2n) is 5.02. The molecule has 2 rings (SSSR count). The summed E-state index contributed by atoms with van der Waals surface area (Å²) >= 11 is 8.94. The highest BCUT2D eigenvalue weighted by molar-refractivity contribution is 9.10. The Hall–Kier alpha value is -0.870. The van der Waals surface area contributed by atoms with Gasteiger partial charge >= 0.3 is 0 Å². The number of nitrogens with one attached hydrogen (secondary N) is 1. The summed E-state index contributed by atoms with van der Waals surface area (Å²) in [5.41, 5.74) is 2.29. The van der Waals surface area contributed by atoms with E-state index in [9.17, 15) is 0 Å². The molecule has 0 aliphatic carbocycles. The molecule has 0 bridgehead atoms. The van der Waals surface area contributed by atoms with Crippen molar-refractivity contribution in [2.75, 3.05) is 0 Å². The van der Waals surface area contributed by atoms with Crippen molar-refractivity contribution in [3.05, 3.63) is 45.4 Å². The number of para-hydroxylation sites is 1. The predicted molar refractivity (Wildman–Crippen MR) is 77.4 cm³/mol. The van der Waals surface area contributed by atoms with Crippen molar-refractivity contribution in [3.8, 4) is 5.69 Å². The highest BCUT2D eigenvalue weighted by Gasteiger charge is 2.20. The third kappa shape index (κ3) is 2.38. The second-order valence-corrected chi connectivity index (χ2v) is 6.26. The molecule has 0 saturated carbocycles. The average molecular weight is 311 g/mol. The van der Waals surface area contributed by atoms with E-state index in [-0.39, 0.29) is 5.41 Å². The van der Waals surface area contributed by atoms with E-state index < -0.39 is 0 Å². The Bertz CT molecular complexity index is 590. The zero-order valence-corrected chi connectivity index (χ0v) is 12.5. The van der Waals surface area contributed by atoms with Crippen molar-refractivity contribution in [2.45, 2.75) is 26.2 Å². The van der Waals surface area contributed by atoms with Gasteiger partial charge in [-0.2, -0.15) is 0 Å². The van der Waals surface area contributed by atoms with E-state index in [0.717, 1.165) is 14.9 Å². The van der Waals surface area contributed by atoms with Crippen LogP contribution >= 0.6 is 28.1 Å². The van der Waals surface area contributed by atoms with Crippen LogP contribution in [0.2, 0.25) is 0 Å². The van der Waals surface area contributed by atoms with Crippen molar-refractivity contribution >= 4 is 28.1 Å². The fourth-order valence-electron chi connectivity index (χ4n) is 1.79. The largest absolute Gasteiger partial charge is 0.337 e. The van der Waals surface area contributed by atoms with Crippen LogP contribution in [0.25, 0.3) is 5.69 Å². The molecule has 1 N–H and O–H groups in total. The molecule has 0 saturated heterocycles. The summed E-state index contributed by atoms with van der Waals surface area (Å²) < 4.78 is 3.85. The van der Waals surface area contributed by atoms with Crippen molar-refractivity contribution in [1.82, 2.24) is 9.55 Å². The first-order chi connectivity index (χ1) is 7.91. The zero-order valence-electron chi connectivity index (χ0n) is 10.1. The van der Waals surface area contributed by atoms with Crippen LogP contribution in [0.3, 0.4) is 0 Å². The summed E-state index contributed by atoms with van der Waals surface area (Å²) in [4.78, 5) is 3.13. The molecule has 0 spiro atoms. The maximum Gasteiger partial charge on any atom is 0.182 e. The third-order valence-corrected chi connectivity index (χ3v) is 3.61. The number of hydrogen-bond acceptors (Lipinski definition) is 1. The minimum absolute atomic E-state index is 0.0445. The normalized spacial score (nSPS) is 11.8. The molecule has 0 fully saturated rings. The molecule has 2 nitrogen and oxygen atoms in total. The van der Waals surface area contributed by atoms with Gasteiger partial charge in [0.05, 0.1) is 5.69 Å². The van der Waals surface area contributed by atoms with Gasteiger partial charge in [0.25, 0.3) is 0 Å². The standard InChI is InChI=1S/C13H15BrN2S/c1-13(2,3)11-8-15-12(17)16(11)10-7-5-4-6-9(10)14/h4-8H,1-3H3,(H,15,17). The molecular formula is C13H15BrN2S. The average Bonchev–Trinajstić information content (AvgIpc) is 2.60. The number of aromatic nitrogens is 2. The Balaban J connectivity index is 2.73. The second kappa shape index (κ2) is 4.42. The smallest absolute Gasteiger partial charge is 0.182 e. The molecule has 1 aromatic carbocycles. The molecule has 1 heterocycles. The van der Waals surface area contributed by atoms with Crippen LogP contribution in [0.15, 0.2) is 34.9 Å². The number of halogens is 1. The summed E-state index contributed by atoms with van der Waals surface area (Å²) in [6.45, 7) is 6.54. The van der Waals surface area contributed by atoms with E-state index in [1.54, 1.807) is 0 Å². The summed E-state index contributed by atoms with van der Waals surface area (Å²) in [7, 11) is 0. The Kier molecular flexibility index (Phi) is 3.27. The molecule has 0 radical (unpaired) electrons.